The first kappa shape index (κ1) is 12.5. The molecule has 0 saturated heterocycles. The van der Waals surface area contributed by atoms with Gasteiger partial charge in [-0.3, -0.25) is 0 Å². The molecule has 1 heterocycles. The highest BCUT2D eigenvalue weighted by molar-refractivity contribution is 5.56. The van der Waals surface area contributed by atoms with Gasteiger partial charge in [0.15, 0.2) is 0 Å². The van der Waals surface area contributed by atoms with Crippen molar-refractivity contribution in [3.05, 3.63) is 23.4 Å². The van der Waals surface area contributed by atoms with Crippen LogP contribution in [0.1, 0.15) is 11.1 Å². The Morgan fingerprint density at radius 1 is 1.31 bits per heavy atom. The minimum Gasteiger partial charge on any atom is -0.357 e. The van der Waals surface area contributed by atoms with E-state index in [1.807, 2.05) is 39.0 Å². The van der Waals surface area contributed by atoms with Crippen molar-refractivity contribution >= 4 is 5.82 Å². The summed E-state index contributed by atoms with van der Waals surface area (Å²) < 4.78 is 0. The maximum absolute atomic E-state index is 9.10. The van der Waals surface area contributed by atoms with Gasteiger partial charge in [0.25, 0.3) is 0 Å². The van der Waals surface area contributed by atoms with E-state index in [1.165, 1.54) is 0 Å². The second-order valence-electron chi connectivity index (χ2n) is 4.16. The summed E-state index contributed by atoms with van der Waals surface area (Å²) in [7, 11) is 6.03. The van der Waals surface area contributed by atoms with Crippen LogP contribution in [0, 0.1) is 18.3 Å². The summed E-state index contributed by atoms with van der Waals surface area (Å²) >= 11 is 0. The number of pyridine rings is 1. The molecule has 1 rings (SSSR count). The Balaban J connectivity index is 2.87. The molecule has 0 aliphatic carbocycles. The number of hydrogen-bond donors (Lipinski definition) is 0. The standard InChI is InChI=1S/C12H18N4/c1-10-5-6-14-12(11(10)9-13)16(4)8-7-15(2)3/h5-6H,7-8H2,1-4H3. The first-order chi connectivity index (χ1) is 7.56. The zero-order valence-electron chi connectivity index (χ0n) is 10.4. The highest BCUT2D eigenvalue weighted by Gasteiger charge is 2.10. The fourth-order valence-electron chi connectivity index (χ4n) is 1.43. The van der Waals surface area contributed by atoms with Crippen LogP contribution in [0.15, 0.2) is 12.3 Å². The van der Waals surface area contributed by atoms with Crippen molar-refractivity contribution in [1.82, 2.24) is 9.88 Å². The van der Waals surface area contributed by atoms with Crippen molar-refractivity contribution in [2.75, 3.05) is 39.1 Å². The summed E-state index contributed by atoms with van der Waals surface area (Å²) in [5, 5.41) is 9.10. The van der Waals surface area contributed by atoms with Crippen molar-refractivity contribution in [2.24, 2.45) is 0 Å². The maximum atomic E-state index is 9.10. The molecule has 0 radical (unpaired) electrons. The minimum atomic E-state index is 0.670. The Bertz CT molecular complexity index is 392. The fourth-order valence-corrected chi connectivity index (χ4v) is 1.43. The Morgan fingerprint density at radius 2 is 2.00 bits per heavy atom. The van der Waals surface area contributed by atoms with E-state index in [-0.39, 0.29) is 0 Å². The predicted octanol–water partition coefficient (Wildman–Crippen LogP) is 1.26. The molecule has 0 fully saturated rings. The summed E-state index contributed by atoms with van der Waals surface area (Å²) in [5.41, 5.74) is 1.65. The third-order valence-corrected chi connectivity index (χ3v) is 2.50. The molecule has 86 valence electrons. The maximum Gasteiger partial charge on any atom is 0.146 e. The van der Waals surface area contributed by atoms with Crippen LogP contribution < -0.4 is 4.90 Å². The van der Waals surface area contributed by atoms with E-state index in [4.69, 9.17) is 5.26 Å². The number of aryl methyl sites for hydroxylation is 1. The summed E-state index contributed by atoms with van der Waals surface area (Å²) in [4.78, 5) is 8.40. The van der Waals surface area contributed by atoms with Crippen LogP contribution in [0.4, 0.5) is 5.82 Å². The van der Waals surface area contributed by atoms with Crippen molar-refractivity contribution < 1.29 is 0 Å². The zero-order chi connectivity index (χ0) is 12.1. The van der Waals surface area contributed by atoms with Gasteiger partial charge in [-0.05, 0) is 32.6 Å². The van der Waals surface area contributed by atoms with Gasteiger partial charge in [0.1, 0.15) is 11.9 Å². The van der Waals surface area contributed by atoms with Gasteiger partial charge in [-0.2, -0.15) is 5.26 Å². The molecule has 0 unspecified atom stereocenters. The van der Waals surface area contributed by atoms with Gasteiger partial charge in [0.2, 0.25) is 0 Å². The quantitative estimate of drug-likeness (QED) is 0.763. The lowest BCUT2D eigenvalue weighted by Gasteiger charge is -2.21. The van der Waals surface area contributed by atoms with E-state index < -0.39 is 0 Å². The van der Waals surface area contributed by atoms with Crippen LogP contribution >= 0.6 is 0 Å². The van der Waals surface area contributed by atoms with Crippen molar-refractivity contribution in [3.63, 3.8) is 0 Å². The normalized spacial score (nSPS) is 10.2. The molecule has 0 atom stereocenters. The molecule has 0 amide bonds. The van der Waals surface area contributed by atoms with Crippen LogP contribution in [0.25, 0.3) is 0 Å². The van der Waals surface area contributed by atoms with Gasteiger partial charge >= 0.3 is 0 Å². The third-order valence-electron chi connectivity index (χ3n) is 2.50. The van der Waals surface area contributed by atoms with E-state index in [9.17, 15) is 0 Å². The van der Waals surface area contributed by atoms with Gasteiger partial charge < -0.3 is 9.80 Å². The van der Waals surface area contributed by atoms with Gasteiger partial charge in [-0.1, -0.05) is 0 Å². The van der Waals surface area contributed by atoms with Crippen LogP contribution in [-0.4, -0.2) is 44.1 Å². The number of nitrogens with zero attached hydrogens (tertiary/aromatic N) is 4. The molecule has 0 spiro atoms. The van der Waals surface area contributed by atoms with Gasteiger partial charge in [-0.15, -0.1) is 0 Å². The highest BCUT2D eigenvalue weighted by Crippen LogP contribution is 2.18. The first-order valence-electron chi connectivity index (χ1n) is 5.28. The average molecular weight is 218 g/mol. The molecule has 0 aliphatic heterocycles. The smallest absolute Gasteiger partial charge is 0.146 e. The van der Waals surface area contributed by atoms with E-state index in [0.29, 0.717) is 5.56 Å². The Hall–Kier alpha value is -1.60. The molecule has 0 aliphatic rings. The molecule has 4 heteroatoms. The largest absolute Gasteiger partial charge is 0.357 e. The molecule has 1 aromatic heterocycles. The number of aromatic nitrogens is 1. The molecule has 4 nitrogen and oxygen atoms in total. The highest BCUT2D eigenvalue weighted by atomic mass is 15.2. The lowest BCUT2D eigenvalue weighted by Crippen LogP contribution is -2.29. The van der Waals surface area contributed by atoms with Crippen molar-refractivity contribution in [2.45, 2.75) is 6.92 Å². The van der Waals surface area contributed by atoms with Crippen LogP contribution in [0.3, 0.4) is 0 Å². The molecule has 16 heavy (non-hydrogen) atoms. The number of hydrogen-bond acceptors (Lipinski definition) is 4. The lowest BCUT2D eigenvalue weighted by molar-refractivity contribution is 0.416. The summed E-state index contributed by atoms with van der Waals surface area (Å²) in [6, 6.07) is 4.08. The van der Waals surface area contributed by atoms with Crippen LogP contribution in [0.2, 0.25) is 0 Å². The predicted molar refractivity (Wildman–Crippen MR) is 65.5 cm³/mol. The molecular weight excluding hydrogens is 200 g/mol. The van der Waals surface area contributed by atoms with Crippen LogP contribution in [0.5, 0.6) is 0 Å². The number of rotatable bonds is 4. The average Bonchev–Trinajstić information content (AvgIpc) is 2.25. The van der Waals surface area contributed by atoms with Gasteiger partial charge in [0.05, 0.1) is 5.56 Å². The number of likely N-dealkylation sites (N-methyl/N-ethyl adjacent to an activating group) is 2. The van der Waals surface area contributed by atoms with Gasteiger partial charge in [0, 0.05) is 26.3 Å². The molecule has 0 saturated carbocycles. The first-order valence-corrected chi connectivity index (χ1v) is 5.28. The molecule has 0 aromatic carbocycles. The van der Waals surface area contributed by atoms with E-state index in [1.54, 1.807) is 6.20 Å². The second-order valence-corrected chi connectivity index (χ2v) is 4.16. The van der Waals surface area contributed by atoms with Gasteiger partial charge in [-0.25, -0.2) is 4.98 Å². The molecule has 1 aromatic rings. The Morgan fingerprint density at radius 3 is 2.56 bits per heavy atom. The summed E-state index contributed by atoms with van der Waals surface area (Å²) in [6.07, 6.45) is 1.75. The third kappa shape index (κ3) is 2.94. The number of nitriles is 1. The van der Waals surface area contributed by atoms with E-state index >= 15 is 0 Å². The van der Waals surface area contributed by atoms with Crippen LogP contribution in [-0.2, 0) is 0 Å². The lowest BCUT2D eigenvalue weighted by atomic mass is 10.1. The fraction of sp³-hybridized carbons (Fsp3) is 0.500. The molecule has 0 N–H and O–H groups in total. The Kier molecular flexibility index (Phi) is 4.27. The summed E-state index contributed by atoms with van der Waals surface area (Å²) in [5.74, 6) is 0.768. The van der Waals surface area contributed by atoms with Crippen molar-refractivity contribution in [3.8, 4) is 6.07 Å². The zero-order valence-corrected chi connectivity index (χ0v) is 10.4. The minimum absolute atomic E-state index is 0.670. The second kappa shape index (κ2) is 5.47. The van der Waals surface area contributed by atoms with E-state index in [2.05, 4.69) is 16.0 Å². The molecule has 0 bridgehead atoms. The topological polar surface area (TPSA) is 43.2 Å². The summed E-state index contributed by atoms with van der Waals surface area (Å²) in [6.45, 7) is 3.73. The molecular formula is C12H18N4. The van der Waals surface area contributed by atoms with E-state index in [0.717, 1.165) is 24.5 Å². The van der Waals surface area contributed by atoms with Crippen molar-refractivity contribution in [1.29, 1.82) is 5.26 Å². The SMILES string of the molecule is Cc1ccnc(N(C)CCN(C)C)c1C#N. The monoisotopic (exact) mass is 218 g/mol. The Labute approximate surface area is 97.1 Å². The number of anilines is 1.